The fourth-order valence-corrected chi connectivity index (χ4v) is 2.73. The van der Waals surface area contributed by atoms with Gasteiger partial charge in [0.15, 0.2) is 0 Å². The first-order chi connectivity index (χ1) is 10.6. The number of halogens is 2. The van der Waals surface area contributed by atoms with E-state index in [0.717, 1.165) is 18.9 Å². The number of hydrogen-bond acceptors (Lipinski definition) is 4. The molecule has 0 spiro atoms. The Hall–Kier alpha value is -1.85. The highest BCUT2D eigenvalue weighted by molar-refractivity contribution is 6.34. The lowest BCUT2D eigenvalue weighted by Gasteiger charge is -2.35. The molecule has 0 saturated carbocycles. The van der Waals surface area contributed by atoms with E-state index >= 15 is 0 Å². The molecule has 1 amide bonds. The van der Waals surface area contributed by atoms with Gasteiger partial charge in [-0.05, 0) is 24.3 Å². The van der Waals surface area contributed by atoms with Crippen molar-refractivity contribution in [2.24, 2.45) is 0 Å². The summed E-state index contributed by atoms with van der Waals surface area (Å²) < 4.78 is 0. The van der Waals surface area contributed by atoms with E-state index in [1.807, 2.05) is 18.2 Å². The molecule has 3 rings (SSSR count). The Labute approximate surface area is 138 Å². The molecule has 2 aromatic rings. The summed E-state index contributed by atoms with van der Waals surface area (Å²) in [6.45, 7) is 2.64. The Morgan fingerprint density at radius 3 is 2.50 bits per heavy atom. The van der Waals surface area contributed by atoms with Crippen LogP contribution in [-0.4, -0.2) is 47.0 Å². The number of pyridine rings is 2. The van der Waals surface area contributed by atoms with Crippen LogP contribution in [0.4, 0.5) is 5.82 Å². The third kappa shape index (κ3) is 3.15. The molecule has 114 valence electrons. The Balaban J connectivity index is 1.68. The van der Waals surface area contributed by atoms with Crippen LogP contribution in [0.2, 0.25) is 10.2 Å². The molecule has 0 N–H and O–H groups in total. The van der Waals surface area contributed by atoms with Gasteiger partial charge in [0.25, 0.3) is 5.91 Å². The van der Waals surface area contributed by atoms with Gasteiger partial charge in [0.05, 0.1) is 5.02 Å². The molecule has 2 aromatic heterocycles. The number of aromatic nitrogens is 2. The molecule has 0 bridgehead atoms. The minimum atomic E-state index is -0.187. The number of anilines is 1. The Kier molecular flexibility index (Phi) is 4.45. The van der Waals surface area contributed by atoms with E-state index in [1.165, 1.54) is 0 Å². The maximum atomic E-state index is 12.5. The van der Waals surface area contributed by atoms with E-state index < -0.39 is 0 Å². The topological polar surface area (TPSA) is 49.3 Å². The Morgan fingerprint density at radius 1 is 1.05 bits per heavy atom. The van der Waals surface area contributed by atoms with Crippen LogP contribution in [0, 0.1) is 0 Å². The number of nitrogens with zero attached hydrogens (tertiary/aromatic N) is 4. The predicted molar refractivity (Wildman–Crippen MR) is 86.6 cm³/mol. The highest BCUT2D eigenvalue weighted by Crippen LogP contribution is 2.20. The zero-order chi connectivity index (χ0) is 15.5. The average molecular weight is 337 g/mol. The summed E-state index contributed by atoms with van der Waals surface area (Å²) in [5.41, 5.74) is 0.209. The summed E-state index contributed by atoms with van der Waals surface area (Å²) in [6, 6.07) is 8.96. The van der Waals surface area contributed by atoms with Gasteiger partial charge in [-0.25, -0.2) is 9.97 Å². The minimum Gasteiger partial charge on any atom is -0.353 e. The second kappa shape index (κ2) is 6.50. The lowest BCUT2D eigenvalue weighted by molar-refractivity contribution is 0.0741. The Morgan fingerprint density at radius 2 is 1.82 bits per heavy atom. The molecule has 0 aliphatic carbocycles. The van der Waals surface area contributed by atoms with Gasteiger partial charge in [0, 0.05) is 32.4 Å². The number of piperazine rings is 1. The van der Waals surface area contributed by atoms with Crippen molar-refractivity contribution in [1.29, 1.82) is 0 Å². The highest BCUT2D eigenvalue weighted by Gasteiger charge is 2.25. The average Bonchev–Trinajstić information content (AvgIpc) is 2.57. The normalized spacial score (nSPS) is 15.0. The van der Waals surface area contributed by atoms with Crippen LogP contribution in [0.25, 0.3) is 0 Å². The van der Waals surface area contributed by atoms with Crippen molar-refractivity contribution in [3.8, 4) is 0 Å². The summed E-state index contributed by atoms with van der Waals surface area (Å²) in [7, 11) is 0. The molecule has 3 heterocycles. The zero-order valence-corrected chi connectivity index (χ0v) is 13.3. The van der Waals surface area contributed by atoms with Crippen LogP contribution in [0.15, 0.2) is 36.5 Å². The second-order valence-corrected chi connectivity index (χ2v) is 5.73. The molecular formula is C15H14Cl2N4O. The second-order valence-electron chi connectivity index (χ2n) is 4.93. The number of carbonyl (C=O) groups excluding carboxylic acids is 1. The first kappa shape index (κ1) is 15.1. The van der Waals surface area contributed by atoms with Gasteiger partial charge in [-0.2, -0.15) is 0 Å². The standard InChI is InChI=1S/C15H14Cl2N4O/c16-11-4-5-12(17)19-14(11)15(22)21-9-7-20(8-10-21)13-3-1-2-6-18-13/h1-6H,7-10H2. The fourth-order valence-electron chi connectivity index (χ4n) is 2.40. The molecule has 0 aromatic carbocycles. The third-order valence-electron chi connectivity index (χ3n) is 3.55. The van der Waals surface area contributed by atoms with Gasteiger partial charge in [0.2, 0.25) is 0 Å². The molecule has 0 atom stereocenters. The highest BCUT2D eigenvalue weighted by atomic mass is 35.5. The van der Waals surface area contributed by atoms with E-state index in [-0.39, 0.29) is 16.8 Å². The largest absolute Gasteiger partial charge is 0.353 e. The van der Waals surface area contributed by atoms with Gasteiger partial charge < -0.3 is 9.80 Å². The zero-order valence-electron chi connectivity index (χ0n) is 11.7. The molecule has 1 fully saturated rings. The molecular weight excluding hydrogens is 323 g/mol. The molecule has 7 heteroatoms. The van der Waals surface area contributed by atoms with Crippen molar-refractivity contribution in [2.45, 2.75) is 0 Å². The summed E-state index contributed by atoms with van der Waals surface area (Å²) in [5.74, 6) is 0.738. The van der Waals surface area contributed by atoms with Gasteiger partial charge in [-0.3, -0.25) is 4.79 Å². The first-order valence-electron chi connectivity index (χ1n) is 6.92. The monoisotopic (exact) mass is 336 g/mol. The van der Waals surface area contributed by atoms with Gasteiger partial charge >= 0.3 is 0 Å². The van der Waals surface area contributed by atoms with Crippen LogP contribution in [0.1, 0.15) is 10.5 Å². The Bertz CT molecular complexity index is 672. The smallest absolute Gasteiger partial charge is 0.274 e. The van der Waals surface area contributed by atoms with Crippen molar-refractivity contribution in [1.82, 2.24) is 14.9 Å². The van der Waals surface area contributed by atoms with Gasteiger partial charge in [-0.15, -0.1) is 0 Å². The van der Waals surface area contributed by atoms with Crippen LogP contribution in [0.3, 0.4) is 0 Å². The number of hydrogen-bond donors (Lipinski definition) is 0. The van der Waals surface area contributed by atoms with Crippen molar-refractivity contribution in [2.75, 3.05) is 31.1 Å². The molecule has 0 unspecified atom stereocenters. The maximum Gasteiger partial charge on any atom is 0.274 e. The van der Waals surface area contributed by atoms with Crippen molar-refractivity contribution in [3.05, 3.63) is 52.4 Å². The fraction of sp³-hybridized carbons (Fsp3) is 0.267. The molecule has 1 aliphatic heterocycles. The van der Waals surface area contributed by atoms with Crippen LogP contribution in [-0.2, 0) is 0 Å². The van der Waals surface area contributed by atoms with Gasteiger partial charge in [-0.1, -0.05) is 29.3 Å². The first-order valence-corrected chi connectivity index (χ1v) is 7.68. The van der Waals surface area contributed by atoms with E-state index in [1.54, 1.807) is 23.2 Å². The van der Waals surface area contributed by atoms with E-state index in [2.05, 4.69) is 14.9 Å². The van der Waals surface area contributed by atoms with Crippen LogP contribution < -0.4 is 4.90 Å². The van der Waals surface area contributed by atoms with Crippen molar-refractivity contribution < 1.29 is 4.79 Å². The van der Waals surface area contributed by atoms with Crippen LogP contribution >= 0.6 is 23.2 Å². The van der Waals surface area contributed by atoms with Crippen molar-refractivity contribution in [3.63, 3.8) is 0 Å². The summed E-state index contributed by atoms with van der Waals surface area (Å²) in [5, 5.41) is 0.585. The quantitative estimate of drug-likeness (QED) is 0.791. The number of amides is 1. The number of carbonyl (C=O) groups is 1. The molecule has 22 heavy (non-hydrogen) atoms. The predicted octanol–water partition coefficient (Wildman–Crippen LogP) is 2.75. The summed E-state index contributed by atoms with van der Waals surface area (Å²) in [4.78, 5) is 24.8. The van der Waals surface area contributed by atoms with Crippen molar-refractivity contribution >= 4 is 34.9 Å². The van der Waals surface area contributed by atoms with Crippen LogP contribution in [0.5, 0.6) is 0 Å². The molecule has 1 saturated heterocycles. The van der Waals surface area contributed by atoms with E-state index in [9.17, 15) is 4.79 Å². The molecule has 1 aliphatic rings. The third-order valence-corrected chi connectivity index (χ3v) is 4.07. The lowest BCUT2D eigenvalue weighted by Crippen LogP contribution is -2.49. The lowest BCUT2D eigenvalue weighted by atomic mass is 10.2. The number of rotatable bonds is 2. The van der Waals surface area contributed by atoms with E-state index in [0.29, 0.717) is 18.1 Å². The SMILES string of the molecule is O=C(c1nc(Cl)ccc1Cl)N1CCN(c2ccccn2)CC1. The van der Waals surface area contributed by atoms with Gasteiger partial charge in [0.1, 0.15) is 16.7 Å². The van der Waals surface area contributed by atoms with E-state index in [4.69, 9.17) is 23.2 Å². The summed E-state index contributed by atoms with van der Waals surface area (Å²) in [6.07, 6.45) is 1.77. The molecule has 0 radical (unpaired) electrons. The molecule has 5 nitrogen and oxygen atoms in total. The summed E-state index contributed by atoms with van der Waals surface area (Å²) >= 11 is 11.9. The maximum absolute atomic E-state index is 12.5. The minimum absolute atomic E-state index is 0.187.